The SMILES string of the molecule is Cc1ccccc1CC(=O)NC(C)c1nc2ccccc2n1CCOc1ccc(C(C)C)cc1. The van der Waals surface area contributed by atoms with Gasteiger partial charge in [0.05, 0.1) is 30.0 Å². The van der Waals surface area contributed by atoms with Crippen molar-refractivity contribution in [1.29, 1.82) is 0 Å². The lowest BCUT2D eigenvalue weighted by molar-refractivity contribution is -0.121. The Hall–Kier alpha value is -3.60. The molecule has 3 aromatic carbocycles. The minimum Gasteiger partial charge on any atom is -0.492 e. The van der Waals surface area contributed by atoms with Gasteiger partial charge >= 0.3 is 0 Å². The third-order valence-corrected chi connectivity index (χ3v) is 6.19. The van der Waals surface area contributed by atoms with Crippen LogP contribution < -0.4 is 10.1 Å². The van der Waals surface area contributed by atoms with Gasteiger partial charge in [-0.1, -0.05) is 62.4 Å². The van der Waals surface area contributed by atoms with E-state index in [9.17, 15) is 4.79 Å². The second-order valence-electron chi connectivity index (χ2n) is 9.08. The van der Waals surface area contributed by atoms with Gasteiger partial charge < -0.3 is 14.6 Å². The highest BCUT2D eigenvalue weighted by atomic mass is 16.5. The minimum atomic E-state index is -0.228. The summed E-state index contributed by atoms with van der Waals surface area (Å²) in [6.07, 6.45) is 0.354. The van der Waals surface area contributed by atoms with Crippen molar-refractivity contribution in [1.82, 2.24) is 14.9 Å². The third kappa shape index (κ3) is 5.48. The molecule has 1 heterocycles. The highest BCUT2D eigenvalue weighted by molar-refractivity contribution is 5.80. The maximum absolute atomic E-state index is 12.8. The molecule has 0 aliphatic heterocycles. The Balaban J connectivity index is 1.47. The second kappa shape index (κ2) is 10.6. The first-order valence-corrected chi connectivity index (χ1v) is 11.9. The summed E-state index contributed by atoms with van der Waals surface area (Å²) in [6.45, 7) is 9.53. The maximum atomic E-state index is 12.8. The molecule has 34 heavy (non-hydrogen) atoms. The molecule has 0 bridgehead atoms. The topological polar surface area (TPSA) is 56.2 Å². The largest absolute Gasteiger partial charge is 0.492 e. The molecule has 5 heteroatoms. The number of imidazole rings is 1. The number of rotatable bonds is 9. The van der Waals surface area contributed by atoms with Gasteiger partial charge in [-0.05, 0) is 60.7 Å². The Morgan fingerprint density at radius 1 is 0.971 bits per heavy atom. The molecule has 1 amide bonds. The van der Waals surface area contributed by atoms with Crippen LogP contribution in [0.5, 0.6) is 5.75 Å². The molecule has 0 fully saturated rings. The Bertz CT molecular complexity index is 1260. The van der Waals surface area contributed by atoms with Crippen LogP contribution in [0.25, 0.3) is 11.0 Å². The van der Waals surface area contributed by atoms with Gasteiger partial charge in [0.1, 0.15) is 18.2 Å². The first kappa shape index (κ1) is 23.6. The Labute approximate surface area is 201 Å². The third-order valence-electron chi connectivity index (χ3n) is 6.19. The number of ether oxygens (including phenoxy) is 1. The number of benzene rings is 3. The summed E-state index contributed by atoms with van der Waals surface area (Å²) in [7, 11) is 0. The lowest BCUT2D eigenvalue weighted by Gasteiger charge is -2.17. The van der Waals surface area contributed by atoms with Crippen molar-refractivity contribution in [2.24, 2.45) is 0 Å². The number of carbonyl (C=O) groups excluding carboxylic acids is 1. The number of nitrogens with one attached hydrogen (secondary N) is 1. The smallest absolute Gasteiger partial charge is 0.225 e. The number of aryl methyl sites for hydroxylation is 1. The van der Waals surface area contributed by atoms with E-state index in [2.05, 4.69) is 41.9 Å². The normalized spacial score (nSPS) is 12.1. The Kier molecular flexibility index (Phi) is 7.31. The molecule has 0 saturated heterocycles. The van der Waals surface area contributed by atoms with E-state index in [1.807, 2.05) is 68.4 Å². The molecule has 0 radical (unpaired) electrons. The van der Waals surface area contributed by atoms with Crippen LogP contribution in [0.15, 0.2) is 72.8 Å². The molecule has 0 aliphatic rings. The van der Waals surface area contributed by atoms with E-state index < -0.39 is 0 Å². The van der Waals surface area contributed by atoms with E-state index in [1.54, 1.807) is 0 Å². The lowest BCUT2D eigenvalue weighted by Crippen LogP contribution is -2.30. The fourth-order valence-electron chi connectivity index (χ4n) is 4.20. The van der Waals surface area contributed by atoms with Crippen molar-refractivity contribution in [3.63, 3.8) is 0 Å². The van der Waals surface area contributed by atoms with Crippen LogP contribution in [0.4, 0.5) is 0 Å². The van der Waals surface area contributed by atoms with E-state index in [1.165, 1.54) is 5.56 Å². The first-order valence-electron chi connectivity index (χ1n) is 11.9. The summed E-state index contributed by atoms with van der Waals surface area (Å²) in [5.41, 5.74) is 5.41. The molecule has 0 spiro atoms. The van der Waals surface area contributed by atoms with Crippen LogP contribution >= 0.6 is 0 Å². The zero-order valence-corrected chi connectivity index (χ0v) is 20.4. The lowest BCUT2D eigenvalue weighted by atomic mass is 10.0. The van der Waals surface area contributed by atoms with Crippen molar-refractivity contribution in [3.05, 3.63) is 95.3 Å². The number of aromatic nitrogens is 2. The number of amides is 1. The molecule has 4 aromatic rings. The van der Waals surface area contributed by atoms with Crippen LogP contribution in [0.2, 0.25) is 0 Å². The summed E-state index contributed by atoms with van der Waals surface area (Å²) in [6, 6.07) is 24.1. The van der Waals surface area contributed by atoms with Crippen LogP contribution in [0.3, 0.4) is 0 Å². The summed E-state index contributed by atoms with van der Waals surface area (Å²) < 4.78 is 8.18. The summed E-state index contributed by atoms with van der Waals surface area (Å²) in [5, 5.41) is 3.14. The van der Waals surface area contributed by atoms with E-state index in [-0.39, 0.29) is 11.9 Å². The number of para-hydroxylation sites is 2. The average Bonchev–Trinajstić information content (AvgIpc) is 3.20. The van der Waals surface area contributed by atoms with Gasteiger partial charge in [0.25, 0.3) is 0 Å². The molecule has 1 N–H and O–H groups in total. The van der Waals surface area contributed by atoms with Crippen LogP contribution in [0.1, 0.15) is 55.2 Å². The van der Waals surface area contributed by atoms with Gasteiger partial charge in [0, 0.05) is 0 Å². The molecule has 0 aliphatic carbocycles. The molecule has 4 rings (SSSR count). The van der Waals surface area contributed by atoms with Crippen molar-refractivity contribution in [3.8, 4) is 5.75 Å². The minimum absolute atomic E-state index is 0.0121. The standard InChI is InChI=1S/C29H33N3O2/c1-20(2)23-13-15-25(16-14-23)34-18-17-32-27-12-8-7-11-26(27)31-29(32)22(4)30-28(33)19-24-10-6-5-9-21(24)3/h5-16,20,22H,17-19H2,1-4H3,(H,30,33). The van der Waals surface area contributed by atoms with Gasteiger partial charge in [0.2, 0.25) is 5.91 Å². The highest BCUT2D eigenvalue weighted by Gasteiger charge is 2.19. The molecule has 1 atom stereocenters. The maximum Gasteiger partial charge on any atom is 0.225 e. The molecular weight excluding hydrogens is 422 g/mol. The van der Waals surface area contributed by atoms with E-state index >= 15 is 0 Å². The fourth-order valence-corrected chi connectivity index (χ4v) is 4.20. The number of fused-ring (bicyclic) bond motifs is 1. The average molecular weight is 456 g/mol. The molecule has 1 aromatic heterocycles. The van der Waals surface area contributed by atoms with Crippen molar-refractivity contribution >= 4 is 16.9 Å². The number of carbonyl (C=O) groups is 1. The van der Waals surface area contributed by atoms with Crippen LogP contribution in [-0.4, -0.2) is 22.1 Å². The van der Waals surface area contributed by atoms with E-state index in [0.717, 1.165) is 33.7 Å². The van der Waals surface area contributed by atoms with E-state index in [4.69, 9.17) is 9.72 Å². The summed E-state index contributed by atoms with van der Waals surface area (Å²) in [5.74, 6) is 2.17. The first-order chi connectivity index (χ1) is 16.4. The van der Waals surface area contributed by atoms with Gasteiger partial charge in [-0.2, -0.15) is 0 Å². The highest BCUT2D eigenvalue weighted by Crippen LogP contribution is 2.22. The number of nitrogens with zero attached hydrogens (tertiary/aromatic N) is 2. The summed E-state index contributed by atoms with van der Waals surface area (Å²) >= 11 is 0. The molecule has 0 saturated carbocycles. The zero-order chi connectivity index (χ0) is 24.1. The summed E-state index contributed by atoms with van der Waals surface area (Å²) in [4.78, 5) is 17.6. The van der Waals surface area contributed by atoms with Gasteiger partial charge in [-0.15, -0.1) is 0 Å². The second-order valence-corrected chi connectivity index (χ2v) is 9.08. The number of hydrogen-bond acceptors (Lipinski definition) is 3. The van der Waals surface area contributed by atoms with Crippen molar-refractivity contribution in [2.75, 3.05) is 6.61 Å². The molecule has 1 unspecified atom stereocenters. The Morgan fingerprint density at radius 2 is 1.68 bits per heavy atom. The van der Waals surface area contributed by atoms with E-state index in [0.29, 0.717) is 25.5 Å². The van der Waals surface area contributed by atoms with Crippen molar-refractivity contribution in [2.45, 2.75) is 52.6 Å². The number of hydrogen-bond donors (Lipinski definition) is 1. The molecule has 176 valence electrons. The van der Waals surface area contributed by atoms with Gasteiger partial charge in [-0.25, -0.2) is 4.98 Å². The van der Waals surface area contributed by atoms with Crippen LogP contribution in [0, 0.1) is 6.92 Å². The predicted octanol–water partition coefficient (Wildman–Crippen LogP) is 5.97. The monoisotopic (exact) mass is 455 g/mol. The Morgan fingerprint density at radius 3 is 2.41 bits per heavy atom. The predicted molar refractivity (Wildman–Crippen MR) is 137 cm³/mol. The quantitative estimate of drug-likeness (QED) is 0.338. The van der Waals surface area contributed by atoms with Gasteiger partial charge in [0.15, 0.2) is 0 Å². The van der Waals surface area contributed by atoms with Crippen LogP contribution in [-0.2, 0) is 17.8 Å². The van der Waals surface area contributed by atoms with Gasteiger partial charge in [-0.3, -0.25) is 4.79 Å². The zero-order valence-electron chi connectivity index (χ0n) is 20.4. The fraction of sp³-hybridized carbons (Fsp3) is 0.310. The van der Waals surface area contributed by atoms with Crippen molar-refractivity contribution < 1.29 is 9.53 Å². The molecular formula is C29H33N3O2. The molecule has 5 nitrogen and oxygen atoms in total.